The number of rotatable bonds is 7. The number of nitro benzene ring substituents is 1. The maximum Gasteiger partial charge on any atom is 0.270 e. The summed E-state index contributed by atoms with van der Waals surface area (Å²) in [4.78, 5) is 34.1. The summed E-state index contributed by atoms with van der Waals surface area (Å²) in [5, 5.41) is 16.4. The predicted molar refractivity (Wildman–Crippen MR) is 106 cm³/mol. The van der Waals surface area contributed by atoms with Gasteiger partial charge in [-0.3, -0.25) is 19.7 Å². The third-order valence-corrected chi connectivity index (χ3v) is 3.82. The Balaban J connectivity index is 2.07. The molecule has 0 aliphatic carbocycles. The smallest absolute Gasteiger partial charge is 0.270 e. The van der Waals surface area contributed by atoms with E-state index in [1.807, 2.05) is 6.92 Å². The Hall–Kier alpha value is -3.19. The van der Waals surface area contributed by atoms with Crippen molar-refractivity contribution >= 4 is 46.6 Å². The first-order valence-corrected chi connectivity index (χ1v) is 8.59. The summed E-state index contributed by atoms with van der Waals surface area (Å²) >= 11 is 6.08. The van der Waals surface area contributed by atoms with Crippen LogP contribution in [0.3, 0.4) is 0 Å². The Morgan fingerprint density at radius 2 is 1.96 bits per heavy atom. The molecular weight excluding hydrogens is 370 g/mol. The van der Waals surface area contributed by atoms with Gasteiger partial charge in [-0.1, -0.05) is 30.7 Å². The van der Waals surface area contributed by atoms with Crippen LogP contribution >= 0.6 is 11.6 Å². The van der Waals surface area contributed by atoms with Crippen LogP contribution in [0.2, 0.25) is 5.02 Å². The van der Waals surface area contributed by atoms with Crippen molar-refractivity contribution in [2.24, 2.45) is 0 Å². The summed E-state index contributed by atoms with van der Waals surface area (Å²) in [6.07, 6.45) is 3.84. The number of anilines is 2. The molecule has 27 heavy (non-hydrogen) atoms. The molecule has 0 saturated carbocycles. The molecule has 0 atom stereocenters. The second-order valence-electron chi connectivity index (χ2n) is 5.67. The number of halogens is 1. The molecule has 7 nitrogen and oxygen atoms in total. The molecular formula is C19H18ClN3O4. The van der Waals surface area contributed by atoms with E-state index in [0.717, 1.165) is 6.42 Å². The van der Waals surface area contributed by atoms with Crippen LogP contribution in [-0.2, 0) is 9.59 Å². The molecule has 0 unspecified atom stereocenters. The van der Waals surface area contributed by atoms with Crippen LogP contribution in [-0.4, -0.2) is 16.7 Å². The molecule has 2 rings (SSSR count). The van der Waals surface area contributed by atoms with Crippen LogP contribution in [0.15, 0.2) is 48.5 Å². The van der Waals surface area contributed by atoms with E-state index in [4.69, 9.17) is 11.6 Å². The Kier molecular flexibility index (Phi) is 7.08. The van der Waals surface area contributed by atoms with E-state index in [9.17, 15) is 19.7 Å². The van der Waals surface area contributed by atoms with Crippen molar-refractivity contribution in [3.63, 3.8) is 0 Å². The van der Waals surface area contributed by atoms with Crippen molar-refractivity contribution in [1.29, 1.82) is 0 Å². The van der Waals surface area contributed by atoms with Gasteiger partial charge in [0.15, 0.2) is 0 Å². The van der Waals surface area contributed by atoms with Gasteiger partial charge in [-0.2, -0.15) is 0 Å². The third kappa shape index (κ3) is 6.23. The third-order valence-electron chi connectivity index (χ3n) is 3.49. The Morgan fingerprint density at radius 1 is 1.19 bits per heavy atom. The molecule has 0 saturated heterocycles. The van der Waals surface area contributed by atoms with Gasteiger partial charge >= 0.3 is 0 Å². The van der Waals surface area contributed by atoms with Crippen molar-refractivity contribution < 1.29 is 14.5 Å². The molecule has 2 aromatic rings. The fourth-order valence-electron chi connectivity index (χ4n) is 2.24. The molecule has 140 valence electrons. The maximum atomic E-state index is 12.1. The van der Waals surface area contributed by atoms with Gasteiger partial charge in [0, 0.05) is 30.3 Å². The number of carbonyl (C=O) groups is 2. The lowest BCUT2D eigenvalue weighted by Crippen LogP contribution is -2.12. The molecule has 0 bridgehead atoms. The highest BCUT2D eigenvalue weighted by molar-refractivity contribution is 6.34. The number of hydrogen-bond donors (Lipinski definition) is 2. The number of non-ortho nitro benzene ring substituents is 1. The number of nitro groups is 1. The molecule has 0 aliphatic heterocycles. The maximum absolute atomic E-state index is 12.1. The average Bonchev–Trinajstić information content (AvgIpc) is 2.63. The molecule has 0 heterocycles. The normalized spacial score (nSPS) is 10.6. The summed E-state index contributed by atoms with van der Waals surface area (Å²) < 4.78 is 0. The highest BCUT2D eigenvalue weighted by atomic mass is 35.5. The highest BCUT2D eigenvalue weighted by Gasteiger charge is 2.08. The predicted octanol–water partition coefficient (Wildman–Crippen LogP) is 4.64. The summed E-state index contributed by atoms with van der Waals surface area (Å²) in [5.41, 5.74) is 1.33. The molecule has 8 heteroatoms. The first-order valence-electron chi connectivity index (χ1n) is 8.22. The van der Waals surface area contributed by atoms with E-state index in [2.05, 4.69) is 10.6 Å². The quantitative estimate of drug-likeness (QED) is 0.410. The van der Waals surface area contributed by atoms with E-state index in [1.54, 1.807) is 24.3 Å². The summed E-state index contributed by atoms with van der Waals surface area (Å²) in [7, 11) is 0. The second-order valence-corrected chi connectivity index (χ2v) is 6.07. The van der Waals surface area contributed by atoms with E-state index >= 15 is 0 Å². The number of hydrogen-bond acceptors (Lipinski definition) is 4. The van der Waals surface area contributed by atoms with Crippen molar-refractivity contribution in [3.05, 3.63) is 69.2 Å². The van der Waals surface area contributed by atoms with Gasteiger partial charge in [0.05, 0.1) is 15.6 Å². The Morgan fingerprint density at radius 3 is 2.67 bits per heavy atom. The molecule has 0 aliphatic rings. The zero-order valence-electron chi connectivity index (χ0n) is 14.6. The van der Waals surface area contributed by atoms with E-state index < -0.39 is 10.8 Å². The van der Waals surface area contributed by atoms with Crippen molar-refractivity contribution in [1.82, 2.24) is 0 Å². The van der Waals surface area contributed by atoms with Gasteiger partial charge in [-0.05, 0) is 36.3 Å². The van der Waals surface area contributed by atoms with E-state index in [0.29, 0.717) is 28.4 Å². The second kappa shape index (κ2) is 9.49. The molecule has 2 N–H and O–H groups in total. The number of amides is 2. The standard InChI is InChI=1S/C19H18ClN3O4/c1-2-4-18(24)21-14-8-9-16(20)17(12-14)22-19(25)10-7-13-5-3-6-15(11-13)23(26)27/h3,5-12H,2,4H2,1H3,(H,21,24)(H,22,25)/b10-7-. The Labute approximate surface area is 161 Å². The van der Waals surface area contributed by atoms with Crippen molar-refractivity contribution in [3.8, 4) is 0 Å². The van der Waals surface area contributed by atoms with Gasteiger partial charge < -0.3 is 10.6 Å². The Bertz CT molecular complexity index is 896. The highest BCUT2D eigenvalue weighted by Crippen LogP contribution is 2.26. The zero-order valence-corrected chi connectivity index (χ0v) is 15.3. The SMILES string of the molecule is CCCC(=O)Nc1ccc(Cl)c(NC(=O)/C=C\c2cccc([N+](=O)[O-])c2)c1. The van der Waals surface area contributed by atoms with Crippen LogP contribution in [0.4, 0.5) is 17.1 Å². The minimum atomic E-state index is -0.504. The zero-order chi connectivity index (χ0) is 19.8. The first-order chi connectivity index (χ1) is 12.9. The number of carbonyl (C=O) groups excluding carboxylic acids is 2. The molecule has 0 aromatic heterocycles. The fraction of sp³-hybridized carbons (Fsp3) is 0.158. The van der Waals surface area contributed by atoms with Gasteiger partial charge in [-0.15, -0.1) is 0 Å². The topological polar surface area (TPSA) is 101 Å². The first kappa shape index (κ1) is 20.1. The minimum Gasteiger partial charge on any atom is -0.326 e. The van der Waals surface area contributed by atoms with Crippen molar-refractivity contribution in [2.45, 2.75) is 19.8 Å². The molecule has 0 fully saturated rings. The molecule has 2 aromatic carbocycles. The molecule has 0 spiro atoms. The van der Waals surface area contributed by atoms with Crippen LogP contribution in [0.25, 0.3) is 6.08 Å². The summed E-state index contributed by atoms with van der Waals surface area (Å²) in [6.45, 7) is 1.90. The van der Waals surface area contributed by atoms with Gasteiger partial charge in [-0.25, -0.2) is 0 Å². The fourth-order valence-corrected chi connectivity index (χ4v) is 2.40. The average molecular weight is 388 g/mol. The molecule has 0 radical (unpaired) electrons. The largest absolute Gasteiger partial charge is 0.326 e. The van der Waals surface area contributed by atoms with Crippen LogP contribution < -0.4 is 10.6 Å². The number of benzene rings is 2. The number of nitrogens with zero attached hydrogens (tertiary/aromatic N) is 1. The van der Waals surface area contributed by atoms with Crippen LogP contribution in [0.1, 0.15) is 25.3 Å². The summed E-state index contributed by atoms with van der Waals surface area (Å²) in [6, 6.07) is 10.7. The van der Waals surface area contributed by atoms with Crippen molar-refractivity contribution in [2.75, 3.05) is 10.6 Å². The molecule has 2 amide bonds. The van der Waals surface area contributed by atoms with E-state index in [1.165, 1.54) is 30.4 Å². The number of nitrogens with one attached hydrogen (secondary N) is 2. The van der Waals surface area contributed by atoms with Gasteiger partial charge in [0.1, 0.15) is 0 Å². The lowest BCUT2D eigenvalue weighted by molar-refractivity contribution is -0.384. The lowest BCUT2D eigenvalue weighted by atomic mass is 10.2. The monoisotopic (exact) mass is 387 g/mol. The van der Waals surface area contributed by atoms with Crippen LogP contribution in [0.5, 0.6) is 0 Å². The lowest BCUT2D eigenvalue weighted by Gasteiger charge is -2.09. The minimum absolute atomic E-state index is 0.0591. The van der Waals surface area contributed by atoms with Crippen LogP contribution in [0, 0.1) is 10.1 Å². The van der Waals surface area contributed by atoms with E-state index in [-0.39, 0.29) is 11.6 Å². The summed E-state index contributed by atoms with van der Waals surface area (Å²) in [5.74, 6) is -0.580. The van der Waals surface area contributed by atoms with Gasteiger partial charge in [0.25, 0.3) is 5.69 Å². The van der Waals surface area contributed by atoms with Gasteiger partial charge in [0.2, 0.25) is 11.8 Å².